The minimum absolute atomic E-state index is 0.0462. The smallest absolute Gasteiger partial charge is 0.270 e. The number of aryl methyl sites for hydroxylation is 1. The molecule has 8 heteroatoms. The van der Waals surface area contributed by atoms with E-state index >= 15 is 0 Å². The number of hydrogen-bond acceptors (Lipinski definition) is 4. The Morgan fingerprint density at radius 1 is 1.17 bits per heavy atom. The highest BCUT2D eigenvalue weighted by molar-refractivity contribution is 6.08. The van der Waals surface area contributed by atoms with Crippen molar-refractivity contribution in [3.8, 4) is 0 Å². The van der Waals surface area contributed by atoms with Crippen LogP contribution in [0.5, 0.6) is 0 Å². The molecule has 0 atom stereocenters. The van der Waals surface area contributed by atoms with E-state index in [-0.39, 0.29) is 5.91 Å². The summed E-state index contributed by atoms with van der Waals surface area (Å²) in [5.41, 5.74) is 8.04. The van der Waals surface area contributed by atoms with E-state index in [0.717, 1.165) is 42.7 Å². The second kappa shape index (κ2) is 8.64. The summed E-state index contributed by atoms with van der Waals surface area (Å²) in [5, 5.41) is 8.25. The first-order valence-corrected chi connectivity index (χ1v) is 9.04. The molecule has 2 aromatic heterocycles. The molecule has 0 aliphatic carbocycles. The maximum atomic E-state index is 12.4. The molecule has 0 spiro atoms. The Labute approximate surface area is 166 Å². The van der Waals surface area contributed by atoms with Crippen molar-refractivity contribution < 1.29 is 13.6 Å². The van der Waals surface area contributed by atoms with Crippen LogP contribution in [-0.4, -0.2) is 39.7 Å². The Morgan fingerprint density at radius 3 is 2.31 bits per heavy atom. The average molecular weight is 397 g/mol. The van der Waals surface area contributed by atoms with Gasteiger partial charge in [-0.05, 0) is 36.8 Å². The average Bonchev–Trinajstić information content (AvgIpc) is 3.01. The summed E-state index contributed by atoms with van der Waals surface area (Å²) in [4.78, 5) is 18.7. The molecule has 0 saturated carbocycles. The van der Waals surface area contributed by atoms with Crippen LogP contribution in [0.3, 0.4) is 0 Å². The first-order valence-electron chi connectivity index (χ1n) is 9.04. The lowest BCUT2D eigenvalue weighted by atomic mass is 10.2. The summed E-state index contributed by atoms with van der Waals surface area (Å²) in [6.45, 7) is 1.65. The molecule has 0 unspecified atom stereocenters. The largest absolute Gasteiger partial charge is 0.404 e. The summed E-state index contributed by atoms with van der Waals surface area (Å²) in [6, 6.07) is 10.6. The van der Waals surface area contributed by atoms with Gasteiger partial charge in [-0.3, -0.25) is 4.79 Å². The molecule has 1 amide bonds. The molecule has 6 nitrogen and oxygen atoms in total. The Balaban J connectivity index is 0.000000252. The number of hydrogen-bond donors (Lipinski definition) is 2. The molecule has 150 valence electrons. The number of aromatic nitrogens is 2. The van der Waals surface area contributed by atoms with E-state index in [1.807, 2.05) is 30.1 Å². The number of allylic oxidation sites excluding steroid dienone is 1. The van der Waals surface area contributed by atoms with Crippen LogP contribution < -0.4 is 5.73 Å². The fourth-order valence-electron chi connectivity index (χ4n) is 2.89. The van der Waals surface area contributed by atoms with Crippen LogP contribution in [0.4, 0.5) is 8.78 Å². The summed E-state index contributed by atoms with van der Waals surface area (Å²) in [6.07, 6.45) is 3.60. The molecule has 1 aromatic carbocycles. The number of amides is 1. The van der Waals surface area contributed by atoms with Gasteiger partial charge in [0.15, 0.2) is 11.6 Å². The summed E-state index contributed by atoms with van der Waals surface area (Å²) >= 11 is 0. The van der Waals surface area contributed by atoms with Gasteiger partial charge in [0.1, 0.15) is 11.3 Å². The highest BCUT2D eigenvalue weighted by atomic mass is 19.2. The van der Waals surface area contributed by atoms with Gasteiger partial charge in [-0.15, -0.1) is 0 Å². The molecule has 1 aliphatic rings. The SMILES string of the molecule is Cn1c(C(=O)N2CCC2)cc2ccc(/C(C=N)=C/N)nc21.Fc1ccccc1F. The van der Waals surface area contributed by atoms with E-state index in [1.165, 1.54) is 24.5 Å². The van der Waals surface area contributed by atoms with Crippen LogP contribution in [0.2, 0.25) is 0 Å². The lowest BCUT2D eigenvalue weighted by molar-refractivity contribution is 0.0642. The van der Waals surface area contributed by atoms with Crippen molar-refractivity contribution in [1.29, 1.82) is 5.41 Å². The van der Waals surface area contributed by atoms with Crippen LogP contribution >= 0.6 is 0 Å². The van der Waals surface area contributed by atoms with Crippen molar-refractivity contribution >= 4 is 28.7 Å². The van der Waals surface area contributed by atoms with Crippen molar-refractivity contribution in [1.82, 2.24) is 14.5 Å². The molecule has 0 radical (unpaired) electrons. The lowest BCUT2D eigenvalue weighted by Gasteiger charge is -2.30. The van der Waals surface area contributed by atoms with Gasteiger partial charge in [-0.25, -0.2) is 13.8 Å². The van der Waals surface area contributed by atoms with Crippen LogP contribution in [-0.2, 0) is 7.05 Å². The molecule has 1 fully saturated rings. The van der Waals surface area contributed by atoms with Crippen molar-refractivity contribution in [2.24, 2.45) is 12.8 Å². The number of fused-ring (bicyclic) bond motifs is 1. The maximum absolute atomic E-state index is 12.4. The van der Waals surface area contributed by atoms with Gasteiger partial charge in [0.25, 0.3) is 5.91 Å². The van der Waals surface area contributed by atoms with Gasteiger partial charge >= 0.3 is 0 Å². The third-order valence-electron chi connectivity index (χ3n) is 4.69. The van der Waals surface area contributed by atoms with Gasteiger partial charge in [0.2, 0.25) is 0 Å². The molecular formula is C21H21F2N5O. The van der Waals surface area contributed by atoms with Crippen molar-refractivity contribution in [3.05, 3.63) is 71.7 Å². The molecule has 3 N–H and O–H groups in total. The molecular weight excluding hydrogens is 376 g/mol. The van der Waals surface area contributed by atoms with Crippen LogP contribution in [0, 0.1) is 17.0 Å². The number of nitrogens with two attached hydrogens (primary N) is 1. The highest BCUT2D eigenvalue weighted by Gasteiger charge is 2.24. The zero-order chi connectivity index (χ0) is 21.0. The van der Waals surface area contributed by atoms with Gasteiger partial charge in [-0.1, -0.05) is 12.1 Å². The van der Waals surface area contributed by atoms with Crippen LogP contribution in [0.1, 0.15) is 22.6 Å². The standard InChI is InChI=1S/C15H17N5O.C6H4F2/c1-19-13(15(21)20-5-2-6-20)7-10-3-4-12(18-14(10)19)11(8-16)9-17;7-5-3-1-2-4-6(5)8/h3-4,7-9,16H,2,5-6,17H2,1H3;1-4H/b11-9+,16-8?;. The molecule has 0 bridgehead atoms. The number of carbonyl (C=O) groups is 1. The monoisotopic (exact) mass is 397 g/mol. The molecule has 29 heavy (non-hydrogen) atoms. The third-order valence-corrected chi connectivity index (χ3v) is 4.69. The fraction of sp³-hybridized carbons (Fsp3) is 0.190. The van der Waals surface area contributed by atoms with Crippen molar-refractivity contribution in [2.75, 3.05) is 13.1 Å². The minimum Gasteiger partial charge on any atom is -0.404 e. The minimum atomic E-state index is -0.799. The predicted octanol–water partition coefficient (Wildman–Crippen LogP) is 3.33. The molecule has 4 rings (SSSR count). The van der Waals surface area contributed by atoms with Crippen LogP contribution in [0.15, 0.2) is 48.7 Å². The molecule has 1 saturated heterocycles. The third kappa shape index (κ3) is 4.16. The number of likely N-dealkylation sites (tertiary alicyclic amines) is 1. The molecule has 1 aliphatic heterocycles. The van der Waals surface area contributed by atoms with Gasteiger partial charge in [-0.2, -0.15) is 0 Å². The fourth-order valence-corrected chi connectivity index (χ4v) is 2.89. The summed E-state index contributed by atoms with van der Waals surface area (Å²) in [7, 11) is 1.84. The number of carbonyl (C=O) groups excluding carboxylic acids is 1. The zero-order valence-corrected chi connectivity index (χ0v) is 15.9. The summed E-state index contributed by atoms with van der Waals surface area (Å²) in [5.74, 6) is -1.55. The quantitative estimate of drug-likeness (QED) is 0.665. The second-order valence-corrected chi connectivity index (χ2v) is 6.52. The Hall–Kier alpha value is -3.55. The van der Waals surface area contributed by atoms with E-state index in [2.05, 4.69) is 4.98 Å². The van der Waals surface area contributed by atoms with E-state index in [4.69, 9.17) is 11.1 Å². The van der Waals surface area contributed by atoms with Crippen LogP contribution in [0.25, 0.3) is 16.6 Å². The van der Waals surface area contributed by atoms with Gasteiger partial charge < -0.3 is 20.6 Å². The van der Waals surface area contributed by atoms with Crippen molar-refractivity contribution in [2.45, 2.75) is 6.42 Å². The Bertz CT molecular complexity index is 1060. The first-order chi connectivity index (χ1) is 14.0. The number of pyridine rings is 1. The molecule has 3 aromatic rings. The Morgan fingerprint density at radius 2 is 1.83 bits per heavy atom. The van der Waals surface area contributed by atoms with E-state index in [0.29, 0.717) is 17.0 Å². The Kier molecular flexibility index (Phi) is 6.01. The summed E-state index contributed by atoms with van der Waals surface area (Å²) < 4.78 is 25.7. The normalized spacial score (nSPS) is 13.5. The second-order valence-electron chi connectivity index (χ2n) is 6.52. The first kappa shape index (κ1) is 20.2. The van der Waals surface area contributed by atoms with E-state index in [9.17, 15) is 13.6 Å². The van der Waals surface area contributed by atoms with Gasteiger partial charge in [0.05, 0.1) is 5.69 Å². The van der Waals surface area contributed by atoms with E-state index < -0.39 is 11.6 Å². The number of nitrogens with zero attached hydrogens (tertiary/aromatic N) is 3. The molecule has 3 heterocycles. The highest BCUT2D eigenvalue weighted by Crippen LogP contribution is 2.22. The number of halogens is 2. The number of rotatable bonds is 3. The van der Waals surface area contributed by atoms with Gasteiger partial charge in [0, 0.05) is 43.5 Å². The maximum Gasteiger partial charge on any atom is 0.270 e. The topological polar surface area (TPSA) is 88.0 Å². The van der Waals surface area contributed by atoms with E-state index in [1.54, 1.807) is 4.57 Å². The van der Waals surface area contributed by atoms with Crippen molar-refractivity contribution in [3.63, 3.8) is 0 Å². The number of benzene rings is 1. The zero-order valence-electron chi connectivity index (χ0n) is 15.9. The lowest BCUT2D eigenvalue weighted by Crippen LogP contribution is -2.42. The predicted molar refractivity (Wildman–Crippen MR) is 109 cm³/mol. The number of nitrogens with one attached hydrogen (secondary N) is 1.